The minimum Gasteiger partial charge on any atom is -0.497 e. The van der Waals surface area contributed by atoms with Crippen molar-refractivity contribution in [3.05, 3.63) is 94.7 Å². The van der Waals surface area contributed by atoms with Crippen LogP contribution in [0.3, 0.4) is 0 Å². The zero-order chi connectivity index (χ0) is 23.0. The monoisotopic (exact) mass is 434 g/mol. The number of benzene rings is 3. The van der Waals surface area contributed by atoms with Crippen molar-refractivity contribution in [3.63, 3.8) is 0 Å². The molecule has 0 aliphatic carbocycles. The van der Waals surface area contributed by atoms with Crippen LogP contribution in [0.5, 0.6) is 5.75 Å². The molecule has 1 N–H and O–H groups in total. The molecule has 32 heavy (non-hydrogen) atoms. The molecule has 0 spiro atoms. The van der Waals surface area contributed by atoms with Gasteiger partial charge in [-0.15, -0.1) is 0 Å². The Morgan fingerprint density at radius 3 is 2.06 bits per heavy atom. The first-order valence-corrected chi connectivity index (χ1v) is 9.86. The van der Waals surface area contributed by atoms with E-state index in [0.29, 0.717) is 17.0 Å². The molecule has 2 amide bonds. The Balaban J connectivity index is 1.83. The summed E-state index contributed by atoms with van der Waals surface area (Å²) in [5.74, 6) is -2.92. The number of ether oxygens (including phenoxy) is 1. The molecular formula is C25H20F2N2O3. The molecule has 0 unspecified atom stereocenters. The number of anilines is 2. The summed E-state index contributed by atoms with van der Waals surface area (Å²) in [6, 6.07) is 15.3. The van der Waals surface area contributed by atoms with Crippen molar-refractivity contribution in [3.8, 4) is 5.75 Å². The van der Waals surface area contributed by atoms with Crippen LogP contribution in [0, 0.1) is 25.5 Å². The Morgan fingerprint density at radius 2 is 1.47 bits per heavy atom. The third-order valence-corrected chi connectivity index (χ3v) is 5.12. The molecule has 7 heteroatoms. The highest BCUT2D eigenvalue weighted by Gasteiger charge is 2.40. The van der Waals surface area contributed by atoms with Gasteiger partial charge in [0.1, 0.15) is 11.4 Å². The second kappa shape index (κ2) is 8.26. The Morgan fingerprint density at radius 1 is 0.812 bits per heavy atom. The molecule has 1 aliphatic heterocycles. The fourth-order valence-electron chi connectivity index (χ4n) is 3.72. The Bertz CT molecular complexity index is 1250. The number of rotatable bonds is 5. The summed E-state index contributed by atoms with van der Waals surface area (Å²) in [7, 11) is 1.52. The topological polar surface area (TPSA) is 58.6 Å². The number of halogens is 2. The number of nitrogens with one attached hydrogen (secondary N) is 1. The largest absolute Gasteiger partial charge is 0.497 e. The van der Waals surface area contributed by atoms with E-state index in [1.807, 2.05) is 32.0 Å². The van der Waals surface area contributed by atoms with E-state index < -0.39 is 23.4 Å². The number of amides is 2. The van der Waals surface area contributed by atoms with Gasteiger partial charge in [-0.25, -0.2) is 13.7 Å². The smallest absolute Gasteiger partial charge is 0.282 e. The first kappa shape index (κ1) is 21.2. The molecule has 1 heterocycles. The van der Waals surface area contributed by atoms with E-state index in [4.69, 9.17) is 4.74 Å². The summed E-state index contributed by atoms with van der Waals surface area (Å²) in [6.07, 6.45) is 0. The summed E-state index contributed by atoms with van der Waals surface area (Å²) in [6.45, 7) is 3.85. The summed E-state index contributed by atoms with van der Waals surface area (Å²) in [5.41, 5.74) is 3.21. The predicted molar refractivity (Wildman–Crippen MR) is 118 cm³/mol. The average Bonchev–Trinajstić information content (AvgIpc) is 2.99. The van der Waals surface area contributed by atoms with Crippen LogP contribution in [0.2, 0.25) is 0 Å². The fraction of sp³-hybridized carbons (Fsp3) is 0.120. The van der Waals surface area contributed by atoms with Crippen LogP contribution in [-0.2, 0) is 9.59 Å². The van der Waals surface area contributed by atoms with Crippen molar-refractivity contribution >= 4 is 28.8 Å². The van der Waals surface area contributed by atoms with Gasteiger partial charge in [0.15, 0.2) is 11.6 Å². The van der Waals surface area contributed by atoms with Gasteiger partial charge in [0.25, 0.3) is 11.8 Å². The number of carbonyl (C=O) groups is 2. The van der Waals surface area contributed by atoms with Gasteiger partial charge >= 0.3 is 0 Å². The van der Waals surface area contributed by atoms with Crippen LogP contribution >= 0.6 is 0 Å². The Hall–Kier alpha value is -4.00. The summed E-state index contributed by atoms with van der Waals surface area (Å²) in [5, 5.41) is 3.07. The van der Waals surface area contributed by atoms with Crippen molar-refractivity contribution in [1.29, 1.82) is 0 Å². The quantitative estimate of drug-likeness (QED) is 0.575. The molecule has 3 aromatic rings. The summed E-state index contributed by atoms with van der Waals surface area (Å²) < 4.78 is 32.5. The van der Waals surface area contributed by atoms with Crippen LogP contribution < -0.4 is 15.0 Å². The molecule has 5 nitrogen and oxygen atoms in total. The SMILES string of the molecule is COc1ccc(C2=C(Nc3cc(C)cc(C)c3)C(=O)N(c3ccc(F)c(F)c3)C2=O)cc1. The highest BCUT2D eigenvalue weighted by molar-refractivity contribution is 6.46. The van der Waals surface area contributed by atoms with Gasteiger partial charge < -0.3 is 10.1 Å². The maximum atomic E-state index is 13.9. The van der Waals surface area contributed by atoms with E-state index in [0.717, 1.165) is 28.2 Å². The molecule has 0 bridgehead atoms. The van der Waals surface area contributed by atoms with Gasteiger partial charge in [-0.2, -0.15) is 0 Å². The molecule has 0 aromatic heterocycles. The van der Waals surface area contributed by atoms with Crippen molar-refractivity contribution in [1.82, 2.24) is 0 Å². The first-order valence-electron chi connectivity index (χ1n) is 9.86. The zero-order valence-electron chi connectivity index (χ0n) is 17.7. The summed E-state index contributed by atoms with van der Waals surface area (Å²) in [4.78, 5) is 27.5. The molecule has 0 radical (unpaired) electrons. The van der Waals surface area contributed by atoms with E-state index in [2.05, 4.69) is 5.32 Å². The maximum Gasteiger partial charge on any atom is 0.282 e. The Kier molecular flexibility index (Phi) is 5.48. The third-order valence-electron chi connectivity index (χ3n) is 5.12. The minimum absolute atomic E-state index is 0.0508. The van der Waals surface area contributed by atoms with Gasteiger partial charge in [-0.3, -0.25) is 9.59 Å². The molecule has 0 saturated carbocycles. The number of hydrogen-bond acceptors (Lipinski definition) is 4. The second-order valence-electron chi connectivity index (χ2n) is 7.52. The fourth-order valence-corrected chi connectivity index (χ4v) is 3.72. The van der Waals surface area contributed by atoms with E-state index >= 15 is 0 Å². The molecular weight excluding hydrogens is 414 g/mol. The van der Waals surface area contributed by atoms with Crippen molar-refractivity contribution in [2.75, 3.05) is 17.3 Å². The van der Waals surface area contributed by atoms with E-state index in [1.165, 1.54) is 13.2 Å². The van der Waals surface area contributed by atoms with Crippen molar-refractivity contribution in [2.24, 2.45) is 0 Å². The molecule has 162 valence electrons. The van der Waals surface area contributed by atoms with Crippen LogP contribution in [0.15, 0.2) is 66.4 Å². The molecule has 3 aromatic carbocycles. The normalized spacial score (nSPS) is 13.7. The lowest BCUT2D eigenvalue weighted by molar-refractivity contribution is -0.120. The van der Waals surface area contributed by atoms with Crippen molar-refractivity contribution < 1.29 is 23.1 Å². The third kappa shape index (κ3) is 3.85. The number of nitrogens with zero attached hydrogens (tertiary/aromatic N) is 1. The van der Waals surface area contributed by atoms with Gasteiger partial charge in [0.05, 0.1) is 18.4 Å². The zero-order valence-corrected chi connectivity index (χ0v) is 17.7. The van der Waals surface area contributed by atoms with E-state index in [-0.39, 0.29) is 17.0 Å². The predicted octanol–water partition coefficient (Wildman–Crippen LogP) is 4.99. The lowest BCUT2D eigenvalue weighted by Gasteiger charge is -2.16. The number of carbonyl (C=O) groups excluding carboxylic acids is 2. The molecule has 0 fully saturated rings. The van der Waals surface area contributed by atoms with Gasteiger partial charge in [-0.1, -0.05) is 18.2 Å². The lowest BCUT2D eigenvalue weighted by atomic mass is 10.0. The first-order chi connectivity index (χ1) is 15.3. The van der Waals surface area contributed by atoms with Crippen LogP contribution in [0.1, 0.15) is 16.7 Å². The van der Waals surface area contributed by atoms with E-state index in [1.54, 1.807) is 24.3 Å². The van der Waals surface area contributed by atoms with Gasteiger partial charge in [0.2, 0.25) is 0 Å². The number of imide groups is 1. The lowest BCUT2D eigenvalue weighted by Crippen LogP contribution is -2.32. The average molecular weight is 434 g/mol. The standard InChI is InChI=1S/C25H20F2N2O3/c1-14-10-15(2)12-17(11-14)28-23-22(16-4-7-19(32-3)8-5-16)24(30)29(25(23)31)18-6-9-20(26)21(27)13-18/h4-13,28H,1-3H3. The minimum atomic E-state index is -1.15. The van der Waals surface area contributed by atoms with Crippen LogP contribution in [0.4, 0.5) is 20.2 Å². The molecule has 1 aliphatic rings. The second-order valence-corrected chi connectivity index (χ2v) is 7.52. The van der Waals surface area contributed by atoms with E-state index in [9.17, 15) is 18.4 Å². The number of methoxy groups -OCH3 is 1. The molecule has 4 rings (SSSR count). The number of aryl methyl sites for hydroxylation is 2. The van der Waals surface area contributed by atoms with Crippen molar-refractivity contribution in [2.45, 2.75) is 13.8 Å². The van der Waals surface area contributed by atoms with Crippen LogP contribution in [-0.4, -0.2) is 18.9 Å². The van der Waals surface area contributed by atoms with Gasteiger partial charge in [0, 0.05) is 11.8 Å². The molecule has 0 saturated heterocycles. The summed E-state index contributed by atoms with van der Waals surface area (Å²) >= 11 is 0. The number of hydrogen-bond donors (Lipinski definition) is 1. The van der Waals surface area contributed by atoms with Crippen LogP contribution in [0.25, 0.3) is 5.57 Å². The highest BCUT2D eigenvalue weighted by atomic mass is 19.2. The molecule has 0 atom stereocenters. The highest BCUT2D eigenvalue weighted by Crippen LogP contribution is 2.35. The van der Waals surface area contributed by atoms with Gasteiger partial charge in [-0.05, 0) is 66.9 Å². The maximum absolute atomic E-state index is 13.9. The Labute approximate surface area is 183 Å².